The number of nitrogens with one attached hydrogen (secondary N) is 1. The van der Waals surface area contributed by atoms with E-state index in [1.54, 1.807) is 22.0 Å². The second-order valence-corrected chi connectivity index (χ2v) is 10.8. The summed E-state index contributed by atoms with van der Waals surface area (Å²) in [6, 6.07) is 9.55. The normalized spacial score (nSPS) is 14.8. The first-order valence-corrected chi connectivity index (χ1v) is 13.1. The van der Waals surface area contributed by atoms with Crippen molar-refractivity contribution in [2.75, 3.05) is 26.2 Å². The second kappa shape index (κ2) is 11.5. The van der Waals surface area contributed by atoms with Crippen molar-refractivity contribution in [3.63, 3.8) is 0 Å². The van der Waals surface area contributed by atoms with Gasteiger partial charge in [-0.05, 0) is 68.7 Å². The van der Waals surface area contributed by atoms with Crippen LogP contribution in [0.15, 0.2) is 42.9 Å². The molecule has 5 rings (SSSR count). The van der Waals surface area contributed by atoms with E-state index in [2.05, 4.69) is 15.3 Å². The van der Waals surface area contributed by atoms with Crippen molar-refractivity contribution < 1.29 is 14.3 Å². The lowest BCUT2D eigenvalue weighted by Gasteiger charge is -2.30. The molecule has 2 aliphatic rings. The Labute approximate surface area is 228 Å². The molecule has 1 aromatic carbocycles. The van der Waals surface area contributed by atoms with Gasteiger partial charge in [-0.3, -0.25) is 9.78 Å². The third-order valence-corrected chi connectivity index (χ3v) is 6.53. The van der Waals surface area contributed by atoms with Crippen LogP contribution in [0, 0.1) is 6.92 Å². The Bertz CT molecular complexity index is 1350. The number of hydrogen-bond acceptors (Lipinski definition) is 6. The average Bonchev–Trinajstić information content (AvgIpc) is 3.12. The fourth-order valence-electron chi connectivity index (χ4n) is 4.46. The van der Waals surface area contributed by atoms with Crippen LogP contribution >= 0.6 is 11.6 Å². The lowest BCUT2D eigenvalue weighted by Crippen LogP contribution is -2.48. The molecule has 0 radical (unpaired) electrons. The van der Waals surface area contributed by atoms with E-state index in [0.717, 1.165) is 48.6 Å². The number of hydrogen-bond donors (Lipinski definition) is 1. The van der Waals surface area contributed by atoms with Gasteiger partial charge in [0.25, 0.3) is 0 Å². The number of aryl methyl sites for hydroxylation is 2. The molecule has 0 bridgehead atoms. The first kappa shape index (κ1) is 27.5. The molecule has 1 fully saturated rings. The van der Waals surface area contributed by atoms with Crippen LogP contribution in [0.5, 0.6) is 0 Å². The summed E-state index contributed by atoms with van der Waals surface area (Å²) in [7, 11) is 1.83. The number of aromatic nitrogens is 3. The number of carbonyl (C=O) groups excluding carboxylic acids is 2. The highest BCUT2D eigenvalue weighted by Crippen LogP contribution is 2.33. The molecule has 1 N–H and O–H groups in total. The zero-order chi connectivity index (χ0) is 27.4. The SMILES string of the molecule is CC(C)(C)OC(=O)N1CCNCC1.Cc1ncn(C)c1C(=O)C1=Cc2cccnc2Cc2ccc(Cl)cc21. The van der Waals surface area contributed by atoms with Gasteiger partial charge >= 0.3 is 6.09 Å². The van der Waals surface area contributed by atoms with Crippen LogP contribution in [0.1, 0.15) is 59.3 Å². The Morgan fingerprint density at radius 3 is 2.50 bits per heavy atom. The van der Waals surface area contributed by atoms with Crippen molar-refractivity contribution >= 4 is 35.1 Å². The minimum absolute atomic E-state index is 0.0577. The van der Waals surface area contributed by atoms with Crippen molar-refractivity contribution in [1.29, 1.82) is 0 Å². The smallest absolute Gasteiger partial charge is 0.410 e. The topological polar surface area (TPSA) is 89.4 Å². The molecule has 1 aliphatic carbocycles. The average molecular weight is 536 g/mol. The van der Waals surface area contributed by atoms with Gasteiger partial charge in [-0.2, -0.15) is 0 Å². The lowest BCUT2D eigenvalue weighted by atomic mass is 9.94. The van der Waals surface area contributed by atoms with Crippen LogP contribution in [0.2, 0.25) is 5.02 Å². The number of ether oxygens (including phenoxy) is 1. The molecule has 1 amide bonds. The number of nitrogens with zero attached hydrogens (tertiary/aromatic N) is 4. The highest BCUT2D eigenvalue weighted by atomic mass is 35.5. The van der Waals surface area contributed by atoms with Gasteiger partial charge in [0.05, 0.1) is 17.7 Å². The molecule has 8 nitrogen and oxygen atoms in total. The molecule has 3 heterocycles. The molecule has 3 aromatic rings. The van der Waals surface area contributed by atoms with Crippen molar-refractivity contribution in [1.82, 2.24) is 24.8 Å². The van der Waals surface area contributed by atoms with Crippen molar-refractivity contribution in [2.45, 2.75) is 39.7 Å². The molecule has 2 aromatic heterocycles. The second-order valence-electron chi connectivity index (χ2n) is 10.4. The van der Waals surface area contributed by atoms with Crippen LogP contribution in [0.3, 0.4) is 0 Å². The van der Waals surface area contributed by atoms with Crippen molar-refractivity contribution in [3.05, 3.63) is 81.7 Å². The third kappa shape index (κ3) is 6.49. The predicted octanol–water partition coefficient (Wildman–Crippen LogP) is 4.93. The summed E-state index contributed by atoms with van der Waals surface area (Å²) in [5.74, 6) is -0.0577. The van der Waals surface area contributed by atoms with E-state index in [4.69, 9.17) is 16.3 Å². The molecular weight excluding hydrogens is 502 g/mol. The molecule has 0 atom stereocenters. The first-order valence-electron chi connectivity index (χ1n) is 12.7. The molecule has 38 heavy (non-hydrogen) atoms. The summed E-state index contributed by atoms with van der Waals surface area (Å²) in [5.41, 5.74) is 5.35. The molecule has 0 saturated carbocycles. The number of rotatable bonds is 2. The van der Waals surface area contributed by atoms with E-state index in [9.17, 15) is 9.59 Å². The Morgan fingerprint density at radius 2 is 1.84 bits per heavy atom. The zero-order valence-corrected chi connectivity index (χ0v) is 23.3. The van der Waals surface area contributed by atoms with Gasteiger partial charge in [-0.15, -0.1) is 0 Å². The maximum Gasteiger partial charge on any atom is 0.410 e. The zero-order valence-electron chi connectivity index (χ0n) is 22.5. The number of Topliss-reactive ketones (excluding diaryl/α,β-unsaturated/α-hetero) is 1. The number of allylic oxidation sites excluding steroid dienone is 1. The standard InChI is InChI=1S/C20H16ClN3O.C9H18N2O2/c1-12-19(24(2)11-23-12)20(25)17-8-14-4-3-7-22-18(14)9-13-5-6-15(21)10-16(13)17;1-9(2,3)13-8(12)11-6-4-10-5-7-11/h3-8,10-11H,9H2,1-2H3;10H,4-7H2,1-3H3. The summed E-state index contributed by atoms with van der Waals surface area (Å²) >= 11 is 6.23. The number of ketones is 1. The molecule has 0 spiro atoms. The van der Waals surface area contributed by atoms with E-state index in [0.29, 0.717) is 28.4 Å². The summed E-state index contributed by atoms with van der Waals surface area (Å²) in [5, 5.41) is 3.79. The Balaban J connectivity index is 0.000000219. The molecule has 1 aliphatic heterocycles. The largest absolute Gasteiger partial charge is 0.444 e. The lowest BCUT2D eigenvalue weighted by molar-refractivity contribution is 0.0229. The van der Waals surface area contributed by atoms with Gasteiger partial charge < -0.3 is 19.5 Å². The Hall–Kier alpha value is -3.49. The monoisotopic (exact) mass is 535 g/mol. The summed E-state index contributed by atoms with van der Waals surface area (Å²) in [6.07, 6.45) is 5.82. The number of carbonyl (C=O) groups is 2. The van der Waals surface area contributed by atoms with Crippen LogP contribution in [-0.2, 0) is 18.2 Å². The van der Waals surface area contributed by atoms with Gasteiger partial charge in [-0.25, -0.2) is 9.78 Å². The summed E-state index contributed by atoms with van der Waals surface area (Å²) in [4.78, 5) is 35.3. The number of pyridine rings is 1. The van der Waals surface area contributed by atoms with Gasteiger partial charge in [0, 0.05) is 56.4 Å². The van der Waals surface area contributed by atoms with Crippen LogP contribution < -0.4 is 5.32 Å². The number of halogens is 1. The van der Waals surface area contributed by atoms with E-state index in [1.165, 1.54) is 0 Å². The fraction of sp³-hybridized carbons (Fsp3) is 0.379. The molecule has 200 valence electrons. The first-order chi connectivity index (χ1) is 18.0. The minimum Gasteiger partial charge on any atom is -0.444 e. The number of piperazine rings is 1. The number of imidazole rings is 1. The third-order valence-electron chi connectivity index (χ3n) is 6.29. The van der Waals surface area contributed by atoms with E-state index >= 15 is 0 Å². The van der Waals surface area contributed by atoms with Gasteiger partial charge in [-0.1, -0.05) is 23.7 Å². The van der Waals surface area contributed by atoms with Gasteiger partial charge in [0.15, 0.2) is 0 Å². The highest BCUT2D eigenvalue weighted by Gasteiger charge is 2.25. The van der Waals surface area contributed by atoms with Crippen LogP contribution in [-0.4, -0.2) is 63.1 Å². The van der Waals surface area contributed by atoms with E-state index in [-0.39, 0.29) is 17.5 Å². The Morgan fingerprint density at radius 1 is 1.11 bits per heavy atom. The maximum atomic E-state index is 13.3. The quantitative estimate of drug-likeness (QED) is 0.468. The van der Waals surface area contributed by atoms with Crippen molar-refractivity contribution in [3.8, 4) is 0 Å². The van der Waals surface area contributed by atoms with E-state index in [1.807, 2.05) is 71.2 Å². The molecule has 9 heteroatoms. The minimum atomic E-state index is -0.387. The summed E-state index contributed by atoms with van der Waals surface area (Å²) < 4.78 is 7.00. The molecule has 1 saturated heterocycles. The van der Waals surface area contributed by atoms with Crippen LogP contribution in [0.25, 0.3) is 11.6 Å². The maximum absolute atomic E-state index is 13.3. The molecular formula is C29H34ClN5O3. The van der Waals surface area contributed by atoms with Crippen LogP contribution in [0.4, 0.5) is 4.79 Å². The van der Waals surface area contributed by atoms with Gasteiger partial charge in [0.2, 0.25) is 5.78 Å². The fourth-order valence-corrected chi connectivity index (χ4v) is 4.63. The van der Waals surface area contributed by atoms with Crippen molar-refractivity contribution in [2.24, 2.45) is 7.05 Å². The van der Waals surface area contributed by atoms with E-state index < -0.39 is 0 Å². The molecule has 0 unspecified atom stereocenters. The van der Waals surface area contributed by atoms with Gasteiger partial charge in [0.1, 0.15) is 11.3 Å². The highest BCUT2D eigenvalue weighted by molar-refractivity contribution is 6.34. The number of amides is 1. The summed E-state index contributed by atoms with van der Waals surface area (Å²) in [6.45, 7) is 10.7. The number of benzene rings is 1. The number of fused-ring (bicyclic) bond motifs is 2. The Kier molecular flexibility index (Phi) is 8.33. The predicted molar refractivity (Wildman–Crippen MR) is 149 cm³/mol.